The SMILES string of the molecule is CCN(CC)CCC(=O)N[C@@H](C(=O)N1CCCC1c1ncc(-c2ccc(-c3ccc(-c4cnc([C@@H]5CCCN5C(=O)[C@H](NC(=O)CCN(CC)CC)c5ccccc5)s4)cc3)cc2)s1)c1ccccc1. The van der Waals surface area contributed by atoms with E-state index in [4.69, 9.17) is 9.97 Å². The number of nitrogens with one attached hydrogen (secondary N) is 2. The Bertz CT molecular complexity index is 2470. The Morgan fingerprint density at radius 2 is 0.900 bits per heavy atom. The van der Waals surface area contributed by atoms with Crippen molar-refractivity contribution in [3.8, 4) is 32.0 Å². The van der Waals surface area contributed by atoms with Gasteiger partial charge in [0.2, 0.25) is 23.6 Å². The molecule has 12 nitrogen and oxygen atoms in total. The highest BCUT2D eigenvalue weighted by Crippen LogP contribution is 2.41. The molecule has 0 radical (unpaired) electrons. The minimum absolute atomic E-state index is 0.0996. The summed E-state index contributed by atoms with van der Waals surface area (Å²) in [5, 5.41) is 7.97. The van der Waals surface area contributed by atoms with Gasteiger partial charge in [0.1, 0.15) is 22.1 Å². The maximum absolute atomic E-state index is 14.3. The van der Waals surface area contributed by atoms with Crippen molar-refractivity contribution in [3.05, 3.63) is 143 Å². The smallest absolute Gasteiger partial charge is 0.250 e. The van der Waals surface area contributed by atoms with Crippen LogP contribution in [0.2, 0.25) is 0 Å². The Labute approximate surface area is 421 Å². The summed E-state index contributed by atoms with van der Waals surface area (Å²) < 4.78 is 0. The Morgan fingerprint density at radius 3 is 1.26 bits per heavy atom. The Balaban J connectivity index is 0.905. The monoisotopic (exact) mass is 978 g/mol. The van der Waals surface area contributed by atoms with Crippen LogP contribution in [0.3, 0.4) is 0 Å². The fourth-order valence-electron chi connectivity index (χ4n) is 9.64. The average Bonchev–Trinajstić information content (AvgIpc) is 4.26. The number of hydrogen-bond acceptors (Lipinski definition) is 10. The van der Waals surface area contributed by atoms with Crippen LogP contribution in [0.1, 0.15) is 112 Å². The molecule has 0 saturated carbocycles. The van der Waals surface area contributed by atoms with Crippen LogP contribution in [0.25, 0.3) is 32.0 Å². The highest BCUT2D eigenvalue weighted by Gasteiger charge is 2.38. The molecule has 4 aromatic carbocycles. The summed E-state index contributed by atoms with van der Waals surface area (Å²) in [7, 11) is 0. The Morgan fingerprint density at radius 1 is 0.543 bits per heavy atom. The van der Waals surface area contributed by atoms with Gasteiger partial charge in [0.25, 0.3) is 0 Å². The number of likely N-dealkylation sites (tertiary alicyclic amines) is 2. The van der Waals surface area contributed by atoms with Crippen molar-refractivity contribution in [2.75, 3.05) is 52.4 Å². The molecule has 0 spiro atoms. The zero-order valence-corrected chi connectivity index (χ0v) is 42.5. The number of carbonyl (C=O) groups excluding carboxylic acids is 4. The number of hydrogen-bond donors (Lipinski definition) is 2. The second-order valence-corrected chi connectivity index (χ2v) is 20.2. The number of rotatable bonds is 21. The molecular weight excluding hydrogens is 913 g/mol. The lowest BCUT2D eigenvalue weighted by Crippen LogP contribution is -2.43. The number of thiazole rings is 2. The van der Waals surface area contributed by atoms with Crippen LogP contribution in [0.5, 0.6) is 0 Å². The second-order valence-electron chi connectivity index (χ2n) is 18.0. The maximum atomic E-state index is 14.3. The van der Waals surface area contributed by atoms with Crippen molar-refractivity contribution < 1.29 is 19.2 Å². The third kappa shape index (κ3) is 12.1. The van der Waals surface area contributed by atoms with Gasteiger partial charge in [0, 0.05) is 51.4 Å². The molecule has 4 heterocycles. The van der Waals surface area contributed by atoms with Gasteiger partial charge in [-0.15, -0.1) is 22.7 Å². The third-order valence-corrected chi connectivity index (χ3v) is 16.1. The van der Waals surface area contributed by atoms with Gasteiger partial charge in [-0.25, -0.2) is 9.97 Å². The molecule has 8 rings (SSSR count). The predicted octanol–water partition coefficient (Wildman–Crippen LogP) is 10.1. The highest BCUT2D eigenvalue weighted by molar-refractivity contribution is 7.15. The van der Waals surface area contributed by atoms with Crippen molar-refractivity contribution >= 4 is 46.3 Å². The molecule has 366 valence electrons. The van der Waals surface area contributed by atoms with Crippen LogP contribution in [-0.2, 0) is 19.2 Å². The molecule has 14 heteroatoms. The Kier molecular flexibility index (Phi) is 17.4. The first kappa shape index (κ1) is 50.3. The lowest BCUT2D eigenvalue weighted by atomic mass is 10.0. The number of benzene rings is 4. The summed E-state index contributed by atoms with van der Waals surface area (Å²) in [5.74, 6) is -0.456. The minimum atomic E-state index is -0.763. The lowest BCUT2D eigenvalue weighted by molar-refractivity contribution is -0.137. The summed E-state index contributed by atoms with van der Waals surface area (Å²) in [4.78, 5) is 75.2. The molecule has 4 atom stereocenters. The van der Waals surface area contributed by atoms with E-state index in [1.165, 1.54) is 0 Å². The van der Waals surface area contributed by atoms with Crippen molar-refractivity contribution in [2.45, 2.75) is 90.4 Å². The van der Waals surface area contributed by atoms with Crippen LogP contribution >= 0.6 is 22.7 Å². The standard InChI is InChI=1S/C56H66N8O4S2/c1-5-61(6-2)35-31-49(65)59-51(43-17-11-9-12-18-43)55(67)63-33-15-21-45(63)53-57-37-47(69-53)41-27-23-39(24-28-41)40-25-29-42(30-26-40)48-38-58-54(70-48)46-22-16-34-64(46)56(68)52(44-19-13-10-14-20-44)60-50(66)32-36-62(7-3)8-4/h9-14,17-20,23-30,37-38,45-46,51-52H,5-8,15-16,21-22,31-36H2,1-4H3,(H,59,65)(H,60,66)/t45-,46?,51+,52+/m0/s1. The normalized spacial score (nSPS) is 16.7. The van der Waals surface area contributed by atoms with Gasteiger partial charge in [-0.3, -0.25) is 19.2 Å². The summed E-state index contributed by atoms with van der Waals surface area (Å²) >= 11 is 3.24. The molecule has 0 bridgehead atoms. The predicted molar refractivity (Wildman–Crippen MR) is 281 cm³/mol. The molecule has 2 aromatic heterocycles. The number of amides is 4. The molecular formula is C56H66N8O4S2. The molecule has 0 aliphatic carbocycles. The summed E-state index contributed by atoms with van der Waals surface area (Å²) in [6.45, 7) is 14.4. The first-order valence-corrected chi connectivity index (χ1v) is 26.7. The topological polar surface area (TPSA) is 131 Å². The quantitative estimate of drug-likeness (QED) is 0.0729. The molecule has 70 heavy (non-hydrogen) atoms. The Hall–Kier alpha value is -6.06. The van der Waals surface area contributed by atoms with E-state index >= 15 is 0 Å². The van der Waals surface area contributed by atoms with E-state index in [2.05, 4.69) is 96.7 Å². The second kappa shape index (κ2) is 24.2. The van der Waals surface area contributed by atoms with Gasteiger partial charge >= 0.3 is 0 Å². The first-order chi connectivity index (χ1) is 34.2. The maximum Gasteiger partial charge on any atom is 0.250 e. The molecule has 2 aliphatic heterocycles. The molecule has 2 aliphatic rings. The fraction of sp³-hybridized carbons (Fsp3) is 0.393. The van der Waals surface area contributed by atoms with E-state index in [0.717, 1.165) is 105 Å². The van der Waals surface area contributed by atoms with Crippen molar-refractivity contribution in [1.82, 2.24) is 40.2 Å². The first-order valence-electron chi connectivity index (χ1n) is 25.0. The molecule has 2 saturated heterocycles. The van der Waals surface area contributed by atoms with E-state index in [9.17, 15) is 19.2 Å². The highest BCUT2D eigenvalue weighted by atomic mass is 32.1. The van der Waals surface area contributed by atoms with Gasteiger partial charge < -0.3 is 30.2 Å². The third-order valence-electron chi connectivity index (χ3n) is 13.8. The van der Waals surface area contributed by atoms with Crippen LogP contribution < -0.4 is 10.6 Å². The van der Waals surface area contributed by atoms with Gasteiger partial charge in [-0.05, 0) is 85.2 Å². The molecule has 1 unspecified atom stereocenters. The number of aromatic nitrogens is 2. The molecule has 2 fully saturated rings. The van der Waals surface area contributed by atoms with Crippen LogP contribution in [0.4, 0.5) is 0 Å². The van der Waals surface area contributed by atoms with E-state index in [0.29, 0.717) is 39.0 Å². The van der Waals surface area contributed by atoms with Crippen LogP contribution in [0, 0.1) is 0 Å². The number of nitrogens with zero attached hydrogens (tertiary/aromatic N) is 6. The average molecular weight is 979 g/mol. The van der Waals surface area contributed by atoms with Gasteiger partial charge in [0.15, 0.2) is 0 Å². The van der Waals surface area contributed by atoms with Crippen molar-refractivity contribution in [1.29, 1.82) is 0 Å². The van der Waals surface area contributed by atoms with Gasteiger partial charge in [-0.2, -0.15) is 0 Å². The van der Waals surface area contributed by atoms with Gasteiger partial charge in [-0.1, -0.05) is 137 Å². The summed E-state index contributed by atoms with van der Waals surface area (Å²) in [5.41, 5.74) is 5.87. The van der Waals surface area contributed by atoms with Gasteiger partial charge in [0.05, 0.1) is 21.8 Å². The molecule has 6 aromatic rings. The van der Waals surface area contributed by atoms with Crippen LogP contribution in [-0.4, -0.2) is 106 Å². The number of carbonyl (C=O) groups is 4. The molecule has 2 N–H and O–H groups in total. The zero-order valence-electron chi connectivity index (χ0n) is 40.9. The summed E-state index contributed by atoms with van der Waals surface area (Å²) in [6, 6.07) is 34.3. The lowest BCUT2D eigenvalue weighted by Gasteiger charge is -2.29. The van der Waals surface area contributed by atoms with Crippen molar-refractivity contribution in [3.63, 3.8) is 0 Å². The van der Waals surface area contributed by atoms with Crippen molar-refractivity contribution in [2.24, 2.45) is 0 Å². The fourth-order valence-corrected chi connectivity index (χ4v) is 11.8. The van der Waals surface area contributed by atoms with E-state index in [1.54, 1.807) is 22.7 Å². The van der Waals surface area contributed by atoms with E-state index in [1.807, 2.05) is 82.9 Å². The molecule has 4 amide bonds. The van der Waals surface area contributed by atoms with E-state index < -0.39 is 12.1 Å². The zero-order chi connectivity index (χ0) is 49.0. The summed E-state index contributed by atoms with van der Waals surface area (Å²) in [6.07, 6.45) is 7.87. The largest absolute Gasteiger partial charge is 0.340 e. The van der Waals surface area contributed by atoms with Crippen LogP contribution in [0.15, 0.2) is 122 Å². The minimum Gasteiger partial charge on any atom is -0.340 e. The van der Waals surface area contributed by atoms with E-state index in [-0.39, 0.29) is 35.7 Å².